The van der Waals surface area contributed by atoms with Crippen molar-refractivity contribution in [2.24, 2.45) is 5.92 Å². The molecule has 8 heteroatoms. The molecule has 0 aliphatic carbocycles. The molecule has 0 unspecified atom stereocenters. The summed E-state index contributed by atoms with van der Waals surface area (Å²) in [4.78, 5) is 32.2. The van der Waals surface area contributed by atoms with Crippen LogP contribution in [0.25, 0.3) is 11.4 Å². The van der Waals surface area contributed by atoms with E-state index >= 15 is 0 Å². The van der Waals surface area contributed by atoms with Gasteiger partial charge in [-0.15, -0.1) is 0 Å². The molecule has 0 radical (unpaired) electrons. The summed E-state index contributed by atoms with van der Waals surface area (Å²) in [6.45, 7) is 0.286. The number of carboxylic acids is 1. The third kappa shape index (κ3) is 2.73. The minimum atomic E-state index is -0.965. The molecular formula is C13H12N4O4. The third-order valence-electron chi connectivity index (χ3n) is 3.28. The zero-order valence-electron chi connectivity index (χ0n) is 11.0. The van der Waals surface area contributed by atoms with Crippen LogP contribution in [-0.2, 0) is 16.1 Å². The molecule has 21 heavy (non-hydrogen) atoms. The molecule has 8 nitrogen and oxygen atoms in total. The Morgan fingerprint density at radius 3 is 3.05 bits per heavy atom. The number of rotatable bonds is 4. The van der Waals surface area contributed by atoms with Gasteiger partial charge in [-0.3, -0.25) is 14.6 Å². The second kappa shape index (κ2) is 5.31. The summed E-state index contributed by atoms with van der Waals surface area (Å²) in [7, 11) is 0. The van der Waals surface area contributed by atoms with Crippen LogP contribution in [-0.4, -0.2) is 43.6 Å². The van der Waals surface area contributed by atoms with Gasteiger partial charge < -0.3 is 14.5 Å². The Morgan fingerprint density at radius 1 is 1.52 bits per heavy atom. The van der Waals surface area contributed by atoms with E-state index in [9.17, 15) is 9.59 Å². The smallest absolute Gasteiger partial charge is 0.308 e. The molecule has 1 saturated heterocycles. The number of likely N-dealkylation sites (tertiary alicyclic amines) is 1. The molecule has 3 heterocycles. The Labute approximate surface area is 119 Å². The first-order valence-electron chi connectivity index (χ1n) is 6.37. The van der Waals surface area contributed by atoms with Crippen LogP contribution in [0.2, 0.25) is 0 Å². The van der Waals surface area contributed by atoms with Crippen molar-refractivity contribution in [3.63, 3.8) is 0 Å². The number of aliphatic carboxylic acids is 1. The van der Waals surface area contributed by atoms with Crippen molar-refractivity contribution in [3.8, 4) is 11.4 Å². The van der Waals surface area contributed by atoms with E-state index in [0.29, 0.717) is 11.4 Å². The zero-order valence-corrected chi connectivity index (χ0v) is 11.0. The SMILES string of the molecule is O=C(O)[C@@H]1CC(=O)N(Cc2nc(-c3cccnc3)no2)C1. The minimum absolute atomic E-state index is 0.0128. The number of nitrogens with zero attached hydrogens (tertiary/aromatic N) is 4. The van der Waals surface area contributed by atoms with E-state index in [4.69, 9.17) is 9.63 Å². The maximum atomic E-state index is 11.7. The lowest BCUT2D eigenvalue weighted by molar-refractivity contribution is -0.141. The van der Waals surface area contributed by atoms with Gasteiger partial charge in [-0.05, 0) is 12.1 Å². The molecule has 1 amide bonds. The number of pyridine rings is 1. The standard InChI is InChI=1S/C13H12N4O4/c18-11-4-9(13(19)20)6-17(11)7-10-15-12(16-21-10)8-2-1-3-14-5-8/h1-3,5,9H,4,6-7H2,(H,19,20)/t9-/m1/s1. The molecule has 0 saturated carbocycles. The van der Waals surface area contributed by atoms with Crippen LogP contribution in [0.1, 0.15) is 12.3 Å². The van der Waals surface area contributed by atoms with Crippen molar-refractivity contribution in [1.82, 2.24) is 20.0 Å². The zero-order chi connectivity index (χ0) is 14.8. The Balaban J connectivity index is 1.71. The second-order valence-electron chi connectivity index (χ2n) is 4.77. The molecule has 1 N–H and O–H groups in total. The molecule has 1 atom stereocenters. The largest absolute Gasteiger partial charge is 0.481 e. The van der Waals surface area contributed by atoms with E-state index < -0.39 is 11.9 Å². The Bertz CT molecular complexity index is 670. The maximum Gasteiger partial charge on any atom is 0.308 e. The molecule has 1 aliphatic rings. The Hall–Kier alpha value is -2.77. The van der Waals surface area contributed by atoms with Crippen LogP contribution >= 0.6 is 0 Å². The first-order valence-corrected chi connectivity index (χ1v) is 6.37. The topological polar surface area (TPSA) is 109 Å². The summed E-state index contributed by atoms with van der Waals surface area (Å²) in [6, 6.07) is 3.55. The van der Waals surface area contributed by atoms with Gasteiger partial charge >= 0.3 is 5.97 Å². The van der Waals surface area contributed by atoms with Crippen LogP contribution in [0.3, 0.4) is 0 Å². The van der Waals surface area contributed by atoms with E-state index in [1.165, 1.54) is 4.90 Å². The van der Waals surface area contributed by atoms with Gasteiger partial charge in [0, 0.05) is 30.9 Å². The number of aromatic nitrogens is 3. The molecule has 3 rings (SSSR count). The van der Waals surface area contributed by atoms with Gasteiger partial charge in [-0.25, -0.2) is 0 Å². The maximum absolute atomic E-state index is 11.7. The van der Waals surface area contributed by atoms with Crippen LogP contribution in [0.5, 0.6) is 0 Å². The van der Waals surface area contributed by atoms with Gasteiger partial charge in [0.25, 0.3) is 0 Å². The lowest BCUT2D eigenvalue weighted by Gasteiger charge is -2.12. The summed E-state index contributed by atoms with van der Waals surface area (Å²) >= 11 is 0. The fourth-order valence-electron chi connectivity index (χ4n) is 2.19. The summed E-state index contributed by atoms with van der Waals surface area (Å²) in [5, 5.41) is 12.8. The fraction of sp³-hybridized carbons (Fsp3) is 0.308. The van der Waals surface area contributed by atoms with Gasteiger partial charge in [0.1, 0.15) is 6.54 Å². The average molecular weight is 288 g/mol. The first-order chi connectivity index (χ1) is 10.1. The Kier molecular flexibility index (Phi) is 3.35. The third-order valence-corrected chi connectivity index (χ3v) is 3.28. The summed E-state index contributed by atoms with van der Waals surface area (Å²) in [5.41, 5.74) is 0.712. The monoisotopic (exact) mass is 288 g/mol. The second-order valence-corrected chi connectivity index (χ2v) is 4.77. The highest BCUT2D eigenvalue weighted by Gasteiger charge is 2.35. The number of carboxylic acid groups (broad SMARTS) is 1. The molecule has 1 aliphatic heterocycles. The number of carbonyl (C=O) groups is 2. The van der Waals surface area contributed by atoms with E-state index in [0.717, 1.165) is 0 Å². The van der Waals surface area contributed by atoms with Crippen molar-refractivity contribution in [1.29, 1.82) is 0 Å². The average Bonchev–Trinajstić information content (AvgIpc) is 3.08. The van der Waals surface area contributed by atoms with E-state index in [1.54, 1.807) is 24.5 Å². The van der Waals surface area contributed by atoms with Gasteiger partial charge in [0.2, 0.25) is 17.6 Å². The van der Waals surface area contributed by atoms with Gasteiger partial charge in [-0.2, -0.15) is 4.98 Å². The first kappa shape index (κ1) is 13.2. The van der Waals surface area contributed by atoms with E-state index in [2.05, 4.69) is 15.1 Å². The van der Waals surface area contributed by atoms with Crippen LogP contribution < -0.4 is 0 Å². The molecule has 1 fully saturated rings. The highest BCUT2D eigenvalue weighted by Crippen LogP contribution is 2.21. The highest BCUT2D eigenvalue weighted by molar-refractivity contribution is 5.85. The molecule has 2 aromatic heterocycles. The predicted molar refractivity (Wildman–Crippen MR) is 68.7 cm³/mol. The summed E-state index contributed by atoms with van der Waals surface area (Å²) in [5.74, 6) is -1.19. The lowest BCUT2D eigenvalue weighted by atomic mass is 10.1. The van der Waals surface area contributed by atoms with Crippen molar-refractivity contribution >= 4 is 11.9 Å². The van der Waals surface area contributed by atoms with Crippen molar-refractivity contribution in [2.75, 3.05) is 6.54 Å². The van der Waals surface area contributed by atoms with Crippen molar-refractivity contribution in [2.45, 2.75) is 13.0 Å². The summed E-state index contributed by atoms with van der Waals surface area (Å²) < 4.78 is 5.09. The predicted octanol–water partition coefficient (Wildman–Crippen LogP) is 0.565. The van der Waals surface area contributed by atoms with Gasteiger partial charge in [0.15, 0.2) is 0 Å². The number of hydrogen-bond acceptors (Lipinski definition) is 6. The molecule has 0 bridgehead atoms. The molecule has 2 aromatic rings. The van der Waals surface area contributed by atoms with Crippen LogP contribution in [0.4, 0.5) is 0 Å². The number of hydrogen-bond donors (Lipinski definition) is 1. The number of carbonyl (C=O) groups excluding carboxylic acids is 1. The lowest BCUT2D eigenvalue weighted by Crippen LogP contribution is -2.25. The molecule has 0 spiro atoms. The fourth-order valence-corrected chi connectivity index (χ4v) is 2.19. The van der Waals surface area contributed by atoms with Crippen LogP contribution in [0, 0.1) is 5.92 Å². The van der Waals surface area contributed by atoms with E-state index in [-0.39, 0.29) is 31.3 Å². The number of amides is 1. The quantitative estimate of drug-likeness (QED) is 0.875. The normalized spacial score (nSPS) is 18.2. The van der Waals surface area contributed by atoms with Crippen molar-refractivity contribution < 1.29 is 19.2 Å². The summed E-state index contributed by atoms with van der Waals surface area (Å²) in [6.07, 6.45) is 3.26. The van der Waals surface area contributed by atoms with Gasteiger partial charge in [-0.1, -0.05) is 5.16 Å². The molecule has 108 valence electrons. The Morgan fingerprint density at radius 2 is 2.38 bits per heavy atom. The van der Waals surface area contributed by atoms with E-state index in [1.807, 2.05) is 0 Å². The minimum Gasteiger partial charge on any atom is -0.481 e. The van der Waals surface area contributed by atoms with Crippen LogP contribution in [0.15, 0.2) is 29.0 Å². The molecular weight excluding hydrogens is 276 g/mol. The highest BCUT2D eigenvalue weighted by atomic mass is 16.5. The van der Waals surface area contributed by atoms with Gasteiger partial charge in [0.05, 0.1) is 5.92 Å². The molecule has 0 aromatic carbocycles. The van der Waals surface area contributed by atoms with Crippen molar-refractivity contribution in [3.05, 3.63) is 30.4 Å².